The summed E-state index contributed by atoms with van der Waals surface area (Å²) < 4.78 is 26.2. The van der Waals surface area contributed by atoms with Crippen molar-refractivity contribution >= 4 is 17.4 Å². The van der Waals surface area contributed by atoms with Gasteiger partial charge >= 0.3 is 0 Å². The van der Waals surface area contributed by atoms with Crippen molar-refractivity contribution in [3.8, 4) is 5.75 Å². The second kappa shape index (κ2) is 12.3. The first-order valence-electron chi connectivity index (χ1n) is 13.0. The molecule has 1 N–H and O–H groups in total. The predicted octanol–water partition coefficient (Wildman–Crippen LogP) is 4.46. The van der Waals surface area contributed by atoms with E-state index in [-0.39, 0.29) is 23.4 Å². The number of aliphatic hydroxyl groups excluding tert-OH is 1. The van der Waals surface area contributed by atoms with Crippen molar-refractivity contribution in [3.05, 3.63) is 70.5 Å². The number of hydrogen-bond donors (Lipinski definition) is 1. The molecule has 2 fully saturated rings. The molecule has 0 unspecified atom stereocenters. The average Bonchev–Trinajstić information content (AvgIpc) is 3.14. The summed E-state index contributed by atoms with van der Waals surface area (Å²) in [5.41, 5.74) is 1.20. The number of ketones is 1. The van der Waals surface area contributed by atoms with Gasteiger partial charge in [0.1, 0.15) is 17.3 Å². The Kier molecular flexibility index (Phi) is 8.95. The summed E-state index contributed by atoms with van der Waals surface area (Å²) in [7, 11) is 0. The molecule has 198 valence electrons. The number of hydrogen-bond acceptors (Lipinski definition) is 6. The lowest BCUT2D eigenvalue weighted by Gasteiger charge is -2.29. The zero-order valence-electron chi connectivity index (χ0n) is 21.5. The summed E-state index contributed by atoms with van der Waals surface area (Å²) >= 11 is 0. The fourth-order valence-corrected chi connectivity index (χ4v) is 4.89. The van der Waals surface area contributed by atoms with Gasteiger partial charge in [-0.1, -0.05) is 31.5 Å². The van der Waals surface area contributed by atoms with Crippen molar-refractivity contribution in [1.29, 1.82) is 0 Å². The second-order valence-electron chi connectivity index (χ2n) is 9.50. The molecular formula is C29H35FN2O5. The topological polar surface area (TPSA) is 79.3 Å². The lowest BCUT2D eigenvalue weighted by molar-refractivity contribution is -0.140. The molecule has 2 heterocycles. The highest BCUT2D eigenvalue weighted by molar-refractivity contribution is 6.46. The molecule has 0 bridgehead atoms. The van der Waals surface area contributed by atoms with Crippen molar-refractivity contribution in [2.24, 2.45) is 0 Å². The van der Waals surface area contributed by atoms with E-state index in [4.69, 9.17) is 9.47 Å². The van der Waals surface area contributed by atoms with E-state index in [2.05, 4.69) is 11.8 Å². The third-order valence-electron chi connectivity index (χ3n) is 6.94. The third-order valence-corrected chi connectivity index (χ3v) is 6.94. The number of morpholine rings is 1. The van der Waals surface area contributed by atoms with Gasteiger partial charge in [-0.15, -0.1) is 0 Å². The summed E-state index contributed by atoms with van der Waals surface area (Å²) in [5.74, 6) is -1.71. The quantitative estimate of drug-likeness (QED) is 0.220. The normalized spacial score (nSPS) is 20.0. The Hall–Kier alpha value is -3.23. The van der Waals surface area contributed by atoms with Crippen LogP contribution >= 0.6 is 0 Å². The molecule has 2 saturated heterocycles. The highest BCUT2D eigenvalue weighted by Crippen LogP contribution is 2.41. The van der Waals surface area contributed by atoms with Crippen molar-refractivity contribution in [3.63, 3.8) is 0 Å². The maximum atomic E-state index is 15.0. The van der Waals surface area contributed by atoms with Gasteiger partial charge in [-0.05, 0) is 49.6 Å². The molecule has 8 heteroatoms. The number of amides is 1. The maximum Gasteiger partial charge on any atom is 0.295 e. The fourth-order valence-electron chi connectivity index (χ4n) is 4.89. The Labute approximate surface area is 217 Å². The van der Waals surface area contributed by atoms with E-state index < -0.39 is 23.5 Å². The summed E-state index contributed by atoms with van der Waals surface area (Å²) in [4.78, 5) is 30.1. The number of carbonyl (C=O) groups is 2. The van der Waals surface area contributed by atoms with Gasteiger partial charge in [-0.25, -0.2) is 4.39 Å². The maximum absolute atomic E-state index is 15.0. The van der Waals surface area contributed by atoms with Crippen LogP contribution in [0, 0.1) is 12.7 Å². The van der Waals surface area contributed by atoms with E-state index in [1.54, 1.807) is 43.3 Å². The van der Waals surface area contributed by atoms with Gasteiger partial charge in [-0.3, -0.25) is 14.5 Å². The number of ether oxygens (including phenoxy) is 2. The van der Waals surface area contributed by atoms with Crippen molar-refractivity contribution in [2.45, 2.75) is 39.2 Å². The van der Waals surface area contributed by atoms with Crippen LogP contribution in [0.4, 0.5) is 4.39 Å². The van der Waals surface area contributed by atoms with Gasteiger partial charge in [0.05, 0.1) is 31.4 Å². The molecule has 2 aliphatic rings. The van der Waals surface area contributed by atoms with E-state index in [1.165, 1.54) is 11.0 Å². The number of likely N-dealkylation sites (tertiary alicyclic amines) is 1. The lowest BCUT2D eigenvalue weighted by atomic mass is 9.93. The molecule has 2 aliphatic heterocycles. The Balaban J connectivity index is 1.66. The number of halogens is 1. The summed E-state index contributed by atoms with van der Waals surface area (Å²) in [6, 6.07) is 10.3. The number of carbonyl (C=O) groups excluding carboxylic acids is 2. The average molecular weight is 511 g/mol. The molecular weight excluding hydrogens is 475 g/mol. The van der Waals surface area contributed by atoms with Crippen molar-refractivity contribution in [1.82, 2.24) is 9.80 Å². The predicted molar refractivity (Wildman–Crippen MR) is 139 cm³/mol. The van der Waals surface area contributed by atoms with E-state index in [0.717, 1.165) is 32.5 Å². The minimum Gasteiger partial charge on any atom is -0.507 e. The molecule has 1 atom stereocenters. The second-order valence-corrected chi connectivity index (χ2v) is 9.50. The van der Waals surface area contributed by atoms with Crippen LogP contribution in [0.25, 0.3) is 5.76 Å². The van der Waals surface area contributed by atoms with Crippen LogP contribution in [-0.4, -0.2) is 72.6 Å². The highest BCUT2D eigenvalue weighted by Gasteiger charge is 2.46. The number of benzene rings is 2. The van der Waals surface area contributed by atoms with Crippen LogP contribution in [0.2, 0.25) is 0 Å². The molecule has 0 radical (unpaired) electrons. The van der Waals surface area contributed by atoms with Crippen LogP contribution in [0.1, 0.15) is 48.9 Å². The van der Waals surface area contributed by atoms with Crippen molar-refractivity contribution in [2.75, 3.05) is 46.0 Å². The van der Waals surface area contributed by atoms with Crippen LogP contribution in [-0.2, 0) is 14.3 Å². The first-order valence-corrected chi connectivity index (χ1v) is 13.0. The fraction of sp³-hybridized carbons (Fsp3) is 0.448. The molecule has 4 rings (SSSR count). The monoisotopic (exact) mass is 510 g/mol. The number of nitrogens with zero attached hydrogens (tertiary/aromatic N) is 2. The van der Waals surface area contributed by atoms with Crippen LogP contribution in [0.15, 0.2) is 48.0 Å². The van der Waals surface area contributed by atoms with Gasteiger partial charge in [0.25, 0.3) is 11.7 Å². The first-order chi connectivity index (χ1) is 17.9. The number of Topliss-reactive ketones (excluding diaryl/α,β-unsaturated/α-hetero) is 1. The van der Waals surface area contributed by atoms with E-state index in [0.29, 0.717) is 43.1 Å². The minimum atomic E-state index is -1.01. The van der Waals surface area contributed by atoms with Crippen molar-refractivity contribution < 1.29 is 28.6 Å². The Morgan fingerprint density at radius 1 is 1.11 bits per heavy atom. The number of aryl methyl sites for hydroxylation is 1. The SMILES string of the molecule is CCCCOc1ccc(C(O)=C2C(=O)C(=O)N(CCCN3CCOCC3)[C@H]2c2ccccc2F)c(C)c1. The van der Waals surface area contributed by atoms with Gasteiger partial charge in [0.15, 0.2) is 0 Å². The van der Waals surface area contributed by atoms with Gasteiger partial charge in [-0.2, -0.15) is 0 Å². The lowest BCUT2D eigenvalue weighted by Crippen LogP contribution is -2.39. The van der Waals surface area contributed by atoms with Gasteiger partial charge in [0.2, 0.25) is 0 Å². The molecule has 0 aromatic heterocycles. The molecule has 2 aromatic rings. The third kappa shape index (κ3) is 6.02. The standard InChI is InChI=1S/C29H35FN2O5/c1-3-4-16-37-21-10-11-22(20(2)19-21)27(33)25-26(23-8-5-6-9-24(23)30)32(29(35)28(25)34)13-7-12-31-14-17-36-18-15-31/h5-6,8-11,19,26,33H,3-4,7,12-18H2,1-2H3/t26-/m0/s1. The zero-order chi connectivity index (χ0) is 26.4. The smallest absolute Gasteiger partial charge is 0.295 e. The Morgan fingerprint density at radius 2 is 1.86 bits per heavy atom. The van der Waals surface area contributed by atoms with Crippen LogP contribution in [0.3, 0.4) is 0 Å². The Morgan fingerprint density at radius 3 is 2.57 bits per heavy atom. The highest BCUT2D eigenvalue weighted by atomic mass is 19.1. The molecule has 0 saturated carbocycles. The van der Waals surface area contributed by atoms with Gasteiger partial charge < -0.3 is 19.5 Å². The number of unbranched alkanes of at least 4 members (excludes halogenated alkanes) is 1. The minimum absolute atomic E-state index is 0.0933. The molecule has 1 amide bonds. The summed E-state index contributed by atoms with van der Waals surface area (Å²) in [6.45, 7) is 8.43. The zero-order valence-corrected chi connectivity index (χ0v) is 21.5. The summed E-state index contributed by atoms with van der Waals surface area (Å²) in [5, 5.41) is 11.4. The summed E-state index contributed by atoms with van der Waals surface area (Å²) in [6.07, 6.45) is 2.56. The van der Waals surface area contributed by atoms with E-state index >= 15 is 4.39 Å². The van der Waals surface area contributed by atoms with Crippen LogP contribution < -0.4 is 4.74 Å². The van der Waals surface area contributed by atoms with E-state index in [9.17, 15) is 14.7 Å². The van der Waals surface area contributed by atoms with Crippen LogP contribution in [0.5, 0.6) is 5.75 Å². The Bertz CT molecular complexity index is 1160. The number of aliphatic hydroxyl groups is 1. The molecule has 7 nitrogen and oxygen atoms in total. The number of rotatable bonds is 10. The molecule has 0 aliphatic carbocycles. The van der Waals surface area contributed by atoms with E-state index in [1.807, 2.05) is 0 Å². The largest absolute Gasteiger partial charge is 0.507 e. The molecule has 37 heavy (non-hydrogen) atoms. The van der Waals surface area contributed by atoms with Gasteiger partial charge in [0, 0.05) is 37.3 Å². The first kappa shape index (κ1) is 26.8. The molecule has 2 aromatic carbocycles. The molecule has 0 spiro atoms.